The molecule has 78 valence electrons. The number of carbonyl (C=O) groups excluding carboxylic acids is 1. The van der Waals surface area contributed by atoms with Gasteiger partial charge in [0.15, 0.2) is 5.82 Å². The molecule has 0 aliphatic carbocycles. The Hall–Kier alpha value is -0.390. The Bertz CT molecular complexity index is 342. The van der Waals surface area contributed by atoms with Crippen molar-refractivity contribution >= 4 is 28.4 Å². The van der Waals surface area contributed by atoms with E-state index >= 15 is 0 Å². The summed E-state index contributed by atoms with van der Waals surface area (Å²) in [6.07, 6.45) is 0. The van der Waals surface area contributed by atoms with Crippen molar-refractivity contribution in [1.82, 2.24) is 9.97 Å². The average Bonchev–Trinajstić information content (AvgIpc) is 2.45. The van der Waals surface area contributed by atoms with Crippen LogP contribution in [0, 0.1) is 9.62 Å². The lowest BCUT2D eigenvalue weighted by Gasteiger charge is -2.01. The monoisotopic (exact) mass is 306 g/mol. The van der Waals surface area contributed by atoms with E-state index in [0.717, 1.165) is 9.39 Å². The van der Waals surface area contributed by atoms with Crippen molar-refractivity contribution in [2.45, 2.75) is 33.6 Å². The first-order valence-electron chi connectivity index (χ1n) is 4.73. The molecular weight excluding hydrogens is 291 g/mol. The second-order valence-electron chi connectivity index (χ2n) is 3.96. The molecule has 1 aromatic heterocycles. The Morgan fingerprint density at radius 1 is 1.36 bits per heavy atom. The third kappa shape index (κ3) is 2.34. The van der Waals surface area contributed by atoms with E-state index in [1.165, 1.54) is 0 Å². The van der Waals surface area contributed by atoms with Crippen molar-refractivity contribution < 1.29 is 4.79 Å². The van der Waals surface area contributed by atoms with Gasteiger partial charge in [0.25, 0.3) is 0 Å². The van der Waals surface area contributed by atoms with Gasteiger partial charge in [0.2, 0.25) is 5.78 Å². The van der Waals surface area contributed by atoms with Crippen molar-refractivity contribution in [3.05, 3.63) is 15.2 Å². The minimum atomic E-state index is -0.00281. The number of carbonyl (C=O) groups is 1. The van der Waals surface area contributed by atoms with E-state index in [0.29, 0.717) is 11.7 Å². The van der Waals surface area contributed by atoms with E-state index in [1.54, 1.807) is 0 Å². The molecule has 14 heavy (non-hydrogen) atoms. The van der Waals surface area contributed by atoms with Crippen LogP contribution in [0.15, 0.2) is 0 Å². The Morgan fingerprint density at radius 3 is 2.29 bits per heavy atom. The summed E-state index contributed by atoms with van der Waals surface area (Å²) < 4.78 is 0.904. The largest absolute Gasteiger partial charge is 0.338 e. The van der Waals surface area contributed by atoms with Gasteiger partial charge in [-0.2, -0.15) is 0 Å². The van der Waals surface area contributed by atoms with Gasteiger partial charge in [0.1, 0.15) is 3.70 Å². The summed E-state index contributed by atoms with van der Waals surface area (Å²) in [5, 5.41) is 0. The Labute approximate surface area is 97.8 Å². The molecule has 0 atom stereocenters. The van der Waals surface area contributed by atoms with Crippen LogP contribution in [0.1, 0.15) is 49.9 Å². The molecular formula is C10H15IN2O. The molecule has 0 saturated heterocycles. The molecule has 0 aliphatic heterocycles. The van der Waals surface area contributed by atoms with Crippen molar-refractivity contribution in [2.75, 3.05) is 0 Å². The molecule has 1 rings (SSSR count). The number of nitrogens with zero attached hydrogens (tertiary/aromatic N) is 1. The highest BCUT2D eigenvalue weighted by atomic mass is 127. The fourth-order valence-corrected chi connectivity index (χ4v) is 2.14. The first kappa shape index (κ1) is 11.7. The zero-order chi connectivity index (χ0) is 10.9. The third-order valence-corrected chi connectivity index (χ3v) is 2.84. The maximum absolute atomic E-state index is 11.6. The number of ketones is 1. The van der Waals surface area contributed by atoms with Gasteiger partial charge in [0.05, 0.1) is 5.69 Å². The van der Waals surface area contributed by atoms with Crippen LogP contribution in [-0.2, 0) is 0 Å². The Balaban J connectivity index is 3.02. The second kappa shape index (κ2) is 4.42. The van der Waals surface area contributed by atoms with Gasteiger partial charge in [-0.25, -0.2) is 4.98 Å². The number of H-pyrrole nitrogens is 1. The van der Waals surface area contributed by atoms with Gasteiger partial charge < -0.3 is 4.98 Å². The number of aromatic nitrogens is 2. The normalized spacial score (nSPS) is 11.4. The molecule has 4 heteroatoms. The summed E-state index contributed by atoms with van der Waals surface area (Å²) in [6, 6.07) is 0. The van der Waals surface area contributed by atoms with Crippen molar-refractivity contribution in [3.8, 4) is 0 Å². The van der Waals surface area contributed by atoms with Crippen LogP contribution in [0.5, 0.6) is 0 Å². The lowest BCUT2D eigenvalue weighted by molar-refractivity contribution is 0.0929. The average molecular weight is 306 g/mol. The molecule has 0 aliphatic rings. The number of hydrogen-bond acceptors (Lipinski definition) is 2. The minimum Gasteiger partial charge on any atom is -0.338 e. The highest BCUT2D eigenvalue weighted by Gasteiger charge is 2.18. The van der Waals surface area contributed by atoms with E-state index in [2.05, 4.69) is 46.4 Å². The number of imidazole rings is 1. The fraction of sp³-hybridized carbons (Fsp3) is 0.600. The quantitative estimate of drug-likeness (QED) is 0.689. The number of halogens is 1. The minimum absolute atomic E-state index is 0.00281. The highest BCUT2D eigenvalue weighted by Crippen LogP contribution is 2.19. The molecule has 1 N–H and O–H groups in total. The van der Waals surface area contributed by atoms with E-state index in [4.69, 9.17) is 0 Å². The number of hydrogen-bond donors (Lipinski definition) is 1. The summed E-state index contributed by atoms with van der Waals surface area (Å²) in [5.74, 6) is 0.947. The zero-order valence-corrected chi connectivity index (χ0v) is 11.0. The molecule has 1 aromatic rings. The topological polar surface area (TPSA) is 45.8 Å². The number of rotatable bonds is 3. The third-order valence-electron chi connectivity index (χ3n) is 2.02. The van der Waals surface area contributed by atoms with Crippen molar-refractivity contribution in [1.29, 1.82) is 0 Å². The molecule has 0 radical (unpaired) electrons. The molecule has 0 saturated carbocycles. The predicted octanol–water partition coefficient (Wildman–Crippen LogP) is 2.98. The summed E-state index contributed by atoms with van der Waals surface area (Å²) in [5.41, 5.74) is 1.05. The van der Waals surface area contributed by atoms with Crippen LogP contribution >= 0.6 is 22.6 Å². The maximum atomic E-state index is 11.6. The number of nitrogens with one attached hydrogen (secondary N) is 1. The summed E-state index contributed by atoms with van der Waals surface area (Å²) in [7, 11) is 0. The number of aromatic amines is 1. The molecule has 1 heterocycles. The molecule has 0 bridgehead atoms. The van der Waals surface area contributed by atoms with E-state index in [-0.39, 0.29) is 11.7 Å². The first-order valence-corrected chi connectivity index (χ1v) is 5.81. The number of Topliss-reactive ketones (excluding diaryl/α,β-unsaturated/α-hetero) is 1. The van der Waals surface area contributed by atoms with Gasteiger partial charge in [-0.1, -0.05) is 27.7 Å². The van der Waals surface area contributed by atoms with Crippen molar-refractivity contribution in [3.63, 3.8) is 0 Å². The molecule has 0 spiro atoms. The van der Waals surface area contributed by atoms with Crippen LogP contribution in [0.2, 0.25) is 0 Å². The van der Waals surface area contributed by atoms with Gasteiger partial charge in [-0.15, -0.1) is 0 Å². The highest BCUT2D eigenvalue weighted by molar-refractivity contribution is 14.1. The van der Waals surface area contributed by atoms with Gasteiger partial charge in [0, 0.05) is 5.92 Å². The van der Waals surface area contributed by atoms with E-state index in [9.17, 15) is 4.79 Å². The SMILES string of the molecule is CC(C)C(=O)c1nc(I)c(C(C)C)[nH]1. The summed E-state index contributed by atoms with van der Waals surface area (Å²) in [4.78, 5) is 19.0. The smallest absolute Gasteiger partial charge is 0.200 e. The van der Waals surface area contributed by atoms with Crippen LogP contribution in [0.25, 0.3) is 0 Å². The van der Waals surface area contributed by atoms with Gasteiger partial charge in [-0.3, -0.25) is 4.79 Å². The Kier molecular flexibility index (Phi) is 3.69. The van der Waals surface area contributed by atoms with Gasteiger partial charge >= 0.3 is 0 Å². The molecule has 0 fully saturated rings. The van der Waals surface area contributed by atoms with E-state index in [1.807, 2.05) is 13.8 Å². The fourth-order valence-electron chi connectivity index (χ4n) is 1.14. The van der Waals surface area contributed by atoms with Crippen LogP contribution in [0.3, 0.4) is 0 Å². The maximum Gasteiger partial charge on any atom is 0.200 e. The standard InChI is InChI=1S/C10H15IN2O/c1-5(2)7-9(11)13-10(12-7)8(14)6(3)4/h5-6H,1-4H3,(H,12,13). The summed E-state index contributed by atoms with van der Waals surface area (Å²) >= 11 is 2.16. The first-order chi connectivity index (χ1) is 6.43. The lowest BCUT2D eigenvalue weighted by Crippen LogP contribution is -2.09. The van der Waals surface area contributed by atoms with E-state index < -0.39 is 0 Å². The molecule has 3 nitrogen and oxygen atoms in total. The van der Waals surface area contributed by atoms with Crippen LogP contribution < -0.4 is 0 Å². The predicted molar refractivity (Wildman–Crippen MR) is 64.6 cm³/mol. The second-order valence-corrected chi connectivity index (χ2v) is 4.99. The summed E-state index contributed by atoms with van der Waals surface area (Å²) in [6.45, 7) is 7.93. The van der Waals surface area contributed by atoms with Crippen molar-refractivity contribution in [2.24, 2.45) is 5.92 Å². The zero-order valence-electron chi connectivity index (χ0n) is 8.89. The molecule has 0 unspecified atom stereocenters. The van der Waals surface area contributed by atoms with Gasteiger partial charge in [-0.05, 0) is 28.5 Å². The molecule has 0 aromatic carbocycles. The van der Waals surface area contributed by atoms with Crippen LogP contribution in [-0.4, -0.2) is 15.8 Å². The lowest BCUT2D eigenvalue weighted by atomic mass is 10.1. The van der Waals surface area contributed by atoms with Crippen LogP contribution in [0.4, 0.5) is 0 Å². The Morgan fingerprint density at radius 2 is 1.93 bits per heavy atom. The molecule has 0 amide bonds.